The minimum Gasteiger partial charge on any atom is -0.491 e. The molecule has 4 rings (SSSR count). The second-order valence-electron chi connectivity index (χ2n) is 7.53. The first-order valence-corrected chi connectivity index (χ1v) is 10.4. The van der Waals surface area contributed by atoms with Crippen molar-refractivity contribution in [2.45, 2.75) is 18.4 Å². The summed E-state index contributed by atoms with van der Waals surface area (Å²) in [4.78, 5) is 6.40. The van der Waals surface area contributed by atoms with Gasteiger partial charge in [-0.3, -0.25) is 0 Å². The smallest absolute Gasteiger partial charge is 0.213 e. The van der Waals surface area contributed by atoms with E-state index in [0.717, 1.165) is 5.39 Å². The Morgan fingerprint density at radius 2 is 1.90 bits per heavy atom. The Kier molecular flexibility index (Phi) is 5.91. The molecule has 1 aliphatic rings. The van der Waals surface area contributed by atoms with Crippen LogP contribution in [-0.2, 0) is 0 Å². The van der Waals surface area contributed by atoms with E-state index in [9.17, 15) is 4.39 Å². The molecule has 0 unspecified atom stereocenters. The zero-order valence-electron chi connectivity index (χ0n) is 16.5. The van der Waals surface area contributed by atoms with Crippen molar-refractivity contribution in [2.75, 3.05) is 31.7 Å². The van der Waals surface area contributed by atoms with Crippen molar-refractivity contribution in [2.24, 2.45) is 5.73 Å². The van der Waals surface area contributed by atoms with Crippen molar-refractivity contribution in [1.82, 2.24) is 4.98 Å². The molecule has 0 atom stereocenters. The van der Waals surface area contributed by atoms with Crippen molar-refractivity contribution in [3.63, 3.8) is 0 Å². The Morgan fingerprint density at radius 3 is 2.60 bits per heavy atom. The molecule has 3 aromatic rings. The lowest BCUT2D eigenvalue weighted by molar-refractivity contribution is 0.189. The molecule has 0 amide bonds. The van der Waals surface area contributed by atoms with E-state index in [1.807, 2.05) is 17.0 Å². The first-order chi connectivity index (χ1) is 14.4. The molecule has 0 saturated carbocycles. The van der Waals surface area contributed by atoms with Gasteiger partial charge in [0.05, 0.1) is 28.9 Å². The average Bonchev–Trinajstić information content (AvgIpc) is 2.74. The topological polar surface area (TPSA) is 60.6 Å². The number of fused-ring (bicyclic) bond motifs is 1. The minimum absolute atomic E-state index is 0.321. The molecule has 2 heterocycles. The lowest BCUT2D eigenvalue weighted by Gasteiger charge is -2.40. The van der Waals surface area contributed by atoms with E-state index in [2.05, 4.69) is 4.98 Å². The van der Waals surface area contributed by atoms with Crippen molar-refractivity contribution >= 4 is 39.8 Å². The second kappa shape index (κ2) is 8.46. The van der Waals surface area contributed by atoms with Gasteiger partial charge in [0.2, 0.25) is 5.88 Å². The normalized spacial score (nSPS) is 16.0. The van der Waals surface area contributed by atoms with Gasteiger partial charge in [-0.15, -0.1) is 0 Å². The van der Waals surface area contributed by atoms with Crippen molar-refractivity contribution < 1.29 is 13.9 Å². The molecule has 0 spiro atoms. The number of benzene rings is 2. The standard InChI is InChI=1S/C22H22Cl2FN3O2/c1-29-20-7-3-15-19(6-4-16(24)21(15)27-20)30-13-22(26)8-10-28(11-9-22)18-5-2-14(23)12-17(18)25/h2-7,12H,8-11,13,26H2,1H3. The summed E-state index contributed by atoms with van der Waals surface area (Å²) in [5.41, 5.74) is 7.26. The Labute approximate surface area is 184 Å². The van der Waals surface area contributed by atoms with E-state index in [1.54, 1.807) is 31.4 Å². The highest BCUT2D eigenvalue weighted by Crippen LogP contribution is 2.33. The highest BCUT2D eigenvalue weighted by atomic mass is 35.5. The first kappa shape index (κ1) is 21.0. The number of hydrogen-bond donors (Lipinski definition) is 1. The van der Waals surface area contributed by atoms with Gasteiger partial charge in [0.15, 0.2) is 0 Å². The molecule has 5 nitrogen and oxygen atoms in total. The number of hydrogen-bond acceptors (Lipinski definition) is 5. The van der Waals surface area contributed by atoms with Crippen LogP contribution in [0.5, 0.6) is 11.6 Å². The molecule has 1 aliphatic heterocycles. The van der Waals surface area contributed by atoms with Crippen LogP contribution in [-0.4, -0.2) is 37.3 Å². The molecule has 158 valence electrons. The van der Waals surface area contributed by atoms with E-state index >= 15 is 0 Å². The first-order valence-electron chi connectivity index (χ1n) is 9.63. The van der Waals surface area contributed by atoms with Crippen LogP contribution in [0.1, 0.15) is 12.8 Å². The summed E-state index contributed by atoms with van der Waals surface area (Å²) in [6.07, 6.45) is 1.35. The van der Waals surface area contributed by atoms with E-state index < -0.39 is 5.54 Å². The lowest BCUT2D eigenvalue weighted by Crippen LogP contribution is -2.54. The van der Waals surface area contributed by atoms with Gasteiger partial charge in [-0.05, 0) is 49.2 Å². The van der Waals surface area contributed by atoms with Crippen LogP contribution < -0.4 is 20.1 Å². The summed E-state index contributed by atoms with van der Waals surface area (Å²) >= 11 is 12.1. The molecule has 1 saturated heterocycles. The quantitative estimate of drug-likeness (QED) is 0.589. The maximum Gasteiger partial charge on any atom is 0.213 e. The summed E-state index contributed by atoms with van der Waals surface area (Å²) < 4.78 is 25.5. The summed E-state index contributed by atoms with van der Waals surface area (Å²) in [5.74, 6) is 0.832. The second-order valence-corrected chi connectivity index (χ2v) is 8.37. The predicted molar refractivity (Wildman–Crippen MR) is 119 cm³/mol. The minimum atomic E-state index is -0.509. The predicted octanol–water partition coefficient (Wildman–Crippen LogP) is 5.07. The van der Waals surface area contributed by atoms with Gasteiger partial charge >= 0.3 is 0 Å². The van der Waals surface area contributed by atoms with Crippen molar-refractivity contribution in [3.8, 4) is 11.6 Å². The molecule has 30 heavy (non-hydrogen) atoms. The molecule has 8 heteroatoms. The van der Waals surface area contributed by atoms with Crippen molar-refractivity contribution in [3.05, 3.63) is 58.3 Å². The van der Waals surface area contributed by atoms with Gasteiger partial charge in [-0.25, -0.2) is 9.37 Å². The largest absolute Gasteiger partial charge is 0.491 e. The average molecular weight is 450 g/mol. The molecule has 0 radical (unpaired) electrons. The highest BCUT2D eigenvalue weighted by Gasteiger charge is 2.32. The third-order valence-electron chi connectivity index (χ3n) is 5.48. The zero-order valence-corrected chi connectivity index (χ0v) is 18.0. The summed E-state index contributed by atoms with van der Waals surface area (Å²) in [5, 5.41) is 1.71. The highest BCUT2D eigenvalue weighted by molar-refractivity contribution is 6.35. The van der Waals surface area contributed by atoms with E-state index in [1.165, 1.54) is 6.07 Å². The fraction of sp³-hybridized carbons (Fsp3) is 0.318. The van der Waals surface area contributed by atoms with Crippen LogP contribution in [0.2, 0.25) is 10.0 Å². The molecule has 2 aromatic carbocycles. The number of nitrogens with zero attached hydrogens (tertiary/aromatic N) is 2. The molecule has 1 aromatic heterocycles. The van der Waals surface area contributed by atoms with Crippen LogP contribution in [0.25, 0.3) is 10.9 Å². The Balaban J connectivity index is 1.45. The SMILES string of the molecule is COc1ccc2c(OCC3(N)CCN(c4ccc(Cl)cc4F)CC3)ccc(Cl)c2n1. The fourth-order valence-corrected chi connectivity index (χ4v) is 4.04. The van der Waals surface area contributed by atoms with Crippen LogP contribution >= 0.6 is 23.2 Å². The van der Waals surface area contributed by atoms with Gasteiger partial charge < -0.3 is 20.1 Å². The van der Waals surface area contributed by atoms with Crippen LogP contribution in [0, 0.1) is 5.82 Å². The van der Waals surface area contributed by atoms with Crippen LogP contribution in [0.15, 0.2) is 42.5 Å². The number of anilines is 1. The molecule has 2 N–H and O–H groups in total. The number of rotatable bonds is 5. The lowest BCUT2D eigenvalue weighted by atomic mass is 9.89. The molecule has 0 aliphatic carbocycles. The molecule has 1 fully saturated rings. The number of methoxy groups -OCH3 is 1. The van der Waals surface area contributed by atoms with Crippen LogP contribution in [0.3, 0.4) is 0 Å². The summed E-state index contributed by atoms with van der Waals surface area (Å²) in [7, 11) is 1.56. The zero-order chi connectivity index (χ0) is 21.3. The van der Waals surface area contributed by atoms with Gasteiger partial charge in [0.1, 0.15) is 18.2 Å². The summed E-state index contributed by atoms with van der Waals surface area (Å²) in [6.45, 7) is 1.61. The summed E-state index contributed by atoms with van der Waals surface area (Å²) in [6, 6.07) is 11.9. The van der Waals surface area contributed by atoms with Gasteiger partial charge in [0, 0.05) is 29.6 Å². The van der Waals surface area contributed by atoms with Gasteiger partial charge in [0.25, 0.3) is 0 Å². The maximum atomic E-state index is 14.2. The monoisotopic (exact) mass is 449 g/mol. The fourth-order valence-electron chi connectivity index (χ4n) is 3.68. The number of ether oxygens (including phenoxy) is 2. The van der Waals surface area contributed by atoms with E-state index in [0.29, 0.717) is 65.4 Å². The Bertz CT molecular complexity index is 1070. The molecular weight excluding hydrogens is 428 g/mol. The van der Waals surface area contributed by atoms with Gasteiger partial charge in [-0.2, -0.15) is 0 Å². The van der Waals surface area contributed by atoms with E-state index in [4.69, 9.17) is 38.4 Å². The number of pyridine rings is 1. The third-order valence-corrected chi connectivity index (χ3v) is 6.02. The van der Waals surface area contributed by atoms with E-state index in [-0.39, 0.29) is 5.82 Å². The number of nitrogens with two attached hydrogens (primary N) is 1. The van der Waals surface area contributed by atoms with Crippen LogP contribution in [0.4, 0.5) is 10.1 Å². The number of halogens is 3. The van der Waals surface area contributed by atoms with Crippen molar-refractivity contribution in [1.29, 1.82) is 0 Å². The molecule has 0 bridgehead atoms. The third kappa shape index (κ3) is 4.26. The molecular formula is C22H22Cl2FN3O2. The van der Waals surface area contributed by atoms with Gasteiger partial charge in [-0.1, -0.05) is 23.2 Å². The number of piperidine rings is 1. The Morgan fingerprint density at radius 1 is 1.13 bits per heavy atom. The Hall–Kier alpha value is -2.28. The number of aromatic nitrogens is 1. The maximum absolute atomic E-state index is 14.2.